The molecule has 0 aliphatic rings. The van der Waals surface area contributed by atoms with E-state index in [0.717, 1.165) is 11.3 Å². The Morgan fingerprint density at radius 1 is 1.06 bits per heavy atom. The number of carbonyl (C=O) groups is 1. The summed E-state index contributed by atoms with van der Waals surface area (Å²) < 4.78 is 29.9. The highest BCUT2D eigenvalue weighted by Gasteiger charge is 2.17. The lowest BCUT2D eigenvalue weighted by Gasteiger charge is -2.09. The summed E-state index contributed by atoms with van der Waals surface area (Å²) in [5.74, 6) is 0.534. The number of ether oxygens (including phenoxy) is 1. The lowest BCUT2D eigenvalue weighted by Crippen LogP contribution is -2.13. The molecule has 2 aromatic carbocycles. The molecule has 166 valence electrons. The Morgan fingerprint density at radius 2 is 1.61 bits per heavy atom. The fourth-order valence-corrected chi connectivity index (χ4v) is 4.91. The molecule has 0 N–H and O–H groups in total. The second-order valence-corrected chi connectivity index (χ2v) is 10.4. The van der Waals surface area contributed by atoms with Crippen LogP contribution < -0.4 is 0 Å². The number of carbonyl (C=O) groups excluding carboxylic acids is 1. The van der Waals surface area contributed by atoms with Crippen molar-refractivity contribution in [2.75, 3.05) is 18.1 Å². The Morgan fingerprint density at radius 3 is 2.13 bits per heavy atom. The highest BCUT2D eigenvalue weighted by Crippen LogP contribution is 2.24. The van der Waals surface area contributed by atoms with Crippen LogP contribution in [0, 0.1) is 5.92 Å². The molecule has 8 heteroatoms. The van der Waals surface area contributed by atoms with Gasteiger partial charge in [-0.3, -0.25) is 0 Å². The van der Waals surface area contributed by atoms with E-state index in [0.29, 0.717) is 34.2 Å². The summed E-state index contributed by atoms with van der Waals surface area (Å²) in [5.41, 5.74) is 1.66. The molecular weight excluding hydrogens is 432 g/mol. The van der Waals surface area contributed by atoms with Crippen molar-refractivity contribution in [2.24, 2.45) is 16.1 Å². The normalized spacial score (nSPS) is 12.6. The largest absolute Gasteiger partial charge is 0.461 e. The van der Waals surface area contributed by atoms with Crippen LogP contribution in [0.25, 0.3) is 0 Å². The van der Waals surface area contributed by atoms with Gasteiger partial charge in [0.2, 0.25) is 0 Å². The zero-order valence-electron chi connectivity index (χ0n) is 18.1. The van der Waals surface area contributed by atoms with Crippen LogP contribution in [0.15, 0.2) is 80.7 Å². The van der Waals surface area contributed by atoms with Gasteiger partial charge in [0.1, 0.15) is 6.61 Å². The molecule has 0 aliphatic heterocycles. The molecule has 0 heterocycles. The Labute approximate surface area is 188 Å². The first kappa shape index (κ1) is 24.8. The number of thioether (sulfide) groups is 1. The fraction of sp³-hybridized carbons (Fsp3) is 0.348. The summed E-state index contributed by atoms with van der Waals surface area (Å²) in [6, 6.07) is 14.0. The van der Waals surface area contributed by atoms with Crippen LogP contribution in [0.4, 0.5) is 11.4 Å². The van der Waals surface area contributed by atoms with Gasteiger partial charge in [-0.25, -0.2) is 13.2 Å². The SMILES string of the molecule is C=C(C)C(=O)OCCSc1ccc(/N=N/c2ccc(S(=O)(=O)C[C@H](C)CC)cc2)cc1. The first-order chi connectivity index (χ1) is 14.7. The highest BCUT2D eigenvalue weighted by atomic mass is 32.2. The molecule has 6 nitrogen and oxygen atoms in total. The van der Waals surface area contributed by atoms with Crippen LogP contribution in [0.2, 0.25) is 0 Å². The van der Waals surface area contributed by atoms with Gasteiger partial charge in [-0.2, -0.15) is 10.2 Å². The van der Waals surface area contributed by atoms with Gasteiger partial charge in [-0.05, 0) is 61.4 Å². The minimum Gasteiger partial charge on any atom is -0.461 e. The van der Waals surface area contributed by atoms with Crippen LogP contribution in [0.1, 0.15) is 27.2 Å². The number of azo groups is 1. The minimum absolute atomic E-state index is 0.122. The van der Waals surface area contributed by atoms with E-state index in [4.69, 9.17) is 4.74 Å². The molecule has 0 unspecified atom stereocenters. The Balaban J connectivity index is 1.89. The summed E-state index contributed by atoms with van der Waals surface area (Å²) in [7, 11) is -3.29. The third kappa shape index (κ3) is 8.30. The Bertz CT molecular complexity index is 1010. The first-order valence-electron chi connectivity index (χ1n) is 10.0. The number of sulfone groups is 1. The predicted octanol–water partition coefficient (Wildman–Crippen LogP) is 6.13. The van der Waals surface area contributed by atoms with Crippen molar-refractivity contribution in [2.45, 2.75) is 37.0 Å². The molecule has 0 bridgehead atoms. The molecule has 2 rings (SSSR count). The molecule has 31 heavy (non-hydrogen) atoms. The van der Waals surface area contributed by atoms with E-state index in [1.807, 2.05) is 38.1 Å². The van der Waals surface area contributed by atoms with Gasteiger partial charge < -0.3 is 4.74 Å². The molecule has 0 spiro atoms. The van der Waals surface area contributed by atoms with Crippen LogP contribution in [-0.4, -0.2) is 32.5 Å². The van der Waals surface area contributed by atoms with Gasteiger partial charge >= 0.3 is 5.97 Å². The molecule has 0 aromatic heterocycles. The highest BCUT2D eigenvalue weighted by molar-refractivity contribution is 7.99. The van der Waals surface area contributed by atoms with Gasteiger partial charge in [-0.15, -0.1) is 11.8 Å². The minimum atomic E-state index is -3.29. The van der Waals surface area contributed by atoms with Gasteiger partial charge in [0, 0.05) is 16.2 Å². The van der Waals surface area contributed by atoms with Crippen molar-refractivity contribution >= 4 is 38.9 Å². The summed E-state index contributed by atoms with van der Waals surface area (Å²) in [4.78, 5) is 12.7. The fourth-order valence-electron chi connectivity index (χ4n) is 2.45. The number of hydrogen-bond donors (Lipinski definition) is 0. The molecule has 0 saturated carbocycles. The number of benzene rings is 2. The lowest BCUT2D eigenvalue weighted by molar-refractivity contribution is -0.138. The van der Waals surface area contributed by atoms with Crippen LogP contribution in [0.3, 0.4) is 0 Å². The zero-order valence-corrected chi connectivity index (χ0v) is 19.7. The molecule has 0 amide bonds. The molecule has 0 radical (unpaired) electrons. The van der Waals surface area contributed by atoms with Crippen LogP contribution >= 0.6 is 11.8 Å². The second kappa shape index (κ2) is 11.8. The van der Waals surface area contributed by atoms with E-state index in [1.165, 1.54) is 0 Å². The third-order valence-corrected chi connectivity index (χ3v) is 7.42. The molecule has 2 aromatic rings. The number of hydrogen-bond acceptors (Lipinski definition) is 7. The predicted molar refractivity (Wildman–Crippen MR) is 125 cm³/mol. The number of rotatable bonds is 11. The van der Waals surface area contributed by atoms with Gasteiger partial charge in [0.25, 0.3) is 0 Å². The number of esters is 1. The molecule has 0 saturated heterocycles. The van der Waals surface area contributed by atoms with Crippen LogP contribution in [-0.2, 0) is 19.4 Å². The smallest absolute Gasteiger partial charge is 0.333 e. The van der Waals surface area contributed by atoms with Gasteiger partial charge in [0.05, 0.1) is 22.0 Å². The molecule has 0 fully saturated rings. The van der Waals surface area contributed by atoms with Crippen molar-refractivity contribution in [1.82, 2.24) is 0 Å². The maximum absolute atomic E-state index is 12.4. The zero-order chi connectivity index (χ0) is 22.9. The van der Waals surface area contributed by atoms with Crippen molar-refractivity contribution in [3.05, 3.63) is 60.7 Å². The maximum Gasteiger partial charge on any atom is 0.333 e. The summed E-state index contributed by atoms with van der Waals surface area (Å²) in [5, 5.41) is 8.37. The van der Waals surface area contributed by atoms with Crippen molar-refractivity contribution in [3.63, 3.8) is 0 Å². The summed E-state index contributed by atoms with van der Waals surface area (Å²) in [6.07, 6.45) is 0.825. The van der Waals surface area contributed by atoms with E-state index in [-0.39, 0.29) is 17.6 Å². The monoisotopic (exact) mass is 460 g/mol. The maximum atomic E-state index is 12.4. The van der Waals surface area contributed by atoms with E-state index in [1.54, 1.807) is 43.0 Å². The van der Waals surface area contributed by atoms with Gasteiger partial charge in [0.15, 0.2) is 9.84 Å². The van der Waals surface area contributed by atoms with Crippen molar-refractivity contribution in [3.8, 4) is 0 Å². The van der Waals surface area contributed by atoms with E-state index in [2.05, 4.69) is 16.8 Å². The quantitative estimate of drug-likeness (QED) is 0.132. The van der Waals surface area contributed by atoms with Gasteiger partial charge in [-0.1, -0.05) is 26.8 Å². The van der Waals surface area contributed by atoms with E-state index < -0.39 is 9.84 Å². The topological polar surface area (TPSA) is 85.2 Å². The standard InChI is InChI=1S/C23H28N2O4S2/c1-5-18(4)16-31(27,28)22-12-8-20(9-13-22)25-24-19-6-10-21(11-7-19)30-15-14-29-23(26)17(2)3/h6-13,18H,2,5,14-16H2,1,3-4H3/b25-24+/t18-/m1/s1. The Hall–Kier alpha value is -2.45. The van der Waals surface area contributed by atoms with E-state index in [9.17, 15) is 13.2 Å². The lowest BCUT2D eigenvalue weighted by atomic mass is 10.2. The Kier molecular flexibility index (Phi) is 9.45. The summed E-state index contributed by atoms with van der Waals surface area (Å²) >= 11 is 1.57. The first-order valence-corrected chi connectivity index (χ1v) is 12.6. The second-order valence-electron chi connectivity index (χ2n) is 7.25. The average molecular weight is 461 g/mol. The van der Waals surface area contributed by atoms with Crippen molar-refractivity contribution in [1.29, 1.82) is 0 Å². The van der Waals surface area contributed by atoms with Crippen LogP contribution in [0.5, 0.6) is 0 Å². The third-order valence-electron chi connectivity index (χ3n) is 4.45. The molecule has 1 atom stereocenters. The molecular formula is C23H28N2O4S2. The van der Waals surface area contributed by atoms with E-state index >= 15 is 0 Å². The van der Waals surface area contributed by atoms with Crippen molar-refractivity contribution < 1.29 is 17.9 Å². The average Bonchev–Trinajstić information content (AvgIpc) is 2.75. The number of nitrogens with zero attached hydrogens (tertiary/aromatic N) is 2. The molecule has 0 aliphatic carbocycles. The summed E-state index contributed by atoms with van der Waals surface area (Å²) in [6.45, 7) is 9.40.